The van der Waals surface area contributed by atoms with E-state index in [9.17, 15) is 4.79 Å². The predicted octanol–water partition coefficient (Wildman–Crippen LogP) is 1.18. The van der Waals surface area contributed by atoms with Crippen molar-refractivity contribution in [2.75, 3.05) is 13.2 Å². The average molecular weight is 260 g/mol. The zero-order valence-corrected chi connectivity index (χ0v) is 11.2. The van der Waals surface area contributed by atoms with Crippen molar-refractivity contribution < 1.29 is 28.5 Å². The van der Waals surface area contributed by atoms with Gasteiger partial charge in [0, 0.05) is 20.0 Å². The fourth-order valence-corrected chi connectivity index (χ4v) is 2.29. The summed E-state index contributed by atoms with van der Waals surface area (Å²) in [5.41, 5.74) is 0. The van der Waals surface area contributed by atoms with Gasteiger partial charge in [0.15, 0.2) is 5.79 Å². The van der Waals surface area contributed by atoms with E-state index >= 15 is 0 Å². The quantitative estimate of drug-likeness (QED) is 0.710. The molecule has 2 saturated heterocycles. The molecule has 2 aliphatic rings. The van der Waals surface area contributed by atoms with Gasteiger partial charge in [0.05, 0.1) is 0 Å². The van der Waals surface area contributed by atoms with Crippen LogP contribution < -0.4 is 0 Å². The largest absolute Gasteiger partial charge is 0.436 e. The summed E-state index contributed by atoms with van der Waals surface area (Å²) in [5.74, 6) is -2.03. The molecule has 2 aliphatic heterocycles. The first-order valence-corrected chi connectivity index (χ1v) is 6.18. The molecule has 0 spiro atoms. The molecular formula is C12H20O6. The summed E-state index contributed by atoms with van der Waals surface area (Å²) >= 11 is 0. The van der Waals surface area contributed by atoms with E-state index in [2.05, 4.69) is 0 Å². The van der Waals surface area contributed by atoms with Crippen LogP contribution in [0.15, 0.2) is 0 Å². The van der Waals surface area contributed by atoms with Crippen molar-refractivity contribution in [3.63, 3.8) is 0 Å². The van der Waals surface area contributed by atoms with E-state index in [1.165, 1.54) is 6.92 Å². The lowest BCUT2D eigenvalue weighted by molar-refractivity contribution is -0.391. The van der Waals surface area contributed by atoms with Crippen molar-refractivity contribution in [3.8, 4) is 0 Å². The van der Waals surface area contributed by atoms with E-state index in [-0.39, 0.29) is 18.7 Å². The lowest BCUT2D eigenvalue weighted by Gasteiger charge is -2.43. The zero-order valence-electron chi connectivity index (χ0n) is 11.2. The summed E-state index contributed by atoms with van der Waals surface area (Å²) < 4.78 is 27.8. The lowest BCUT2D eigenvalue weighted by Crippen LogP contribution is -2.57. The minimum Gasteiger partial charge on any atom is -0.436 e. The summed E-state index contributed by atoms with van der Waals surface area (Å²) in [6.45, 7) is 7.62. The molecule has 3 atom stereocenters. The molecule has 0 aromatic heterocycles. The van der Waals surface area contributed by atoms with Crippen LogP contribution in [-0.4, -0.2) is 43.2 Å². The summed E-state index contributed by atoms with van der Waals surface area (Å²) in [5, 5.41) is 0. The Balaban J connectivity index is 2.11. The number of rotatable bonds is 3. The maximum Gasteiger partial charge on any atom is 0.304 e. The molecule has 0 bridgehead atoms. The van der Waals surface area contributed by atoms with Gasteiger partial charge in [-0.3, -0.25) is 4.79 Å². The Hall–Kier alpha value is -0.690. The number of hydrogen-bond donors (Lipinski definition) is 0. The van der Waals surface area contributed by atoms with E-state index in [0.717, 1.165) is 0 Å². The molecule has 0 radical (unpaired) electrons. The highest BCUT2D eigenvalue weighted by molar-refractivity contribution is 5.66. The normalized spacial score (nSPS) is 38.2. The molecule has 0 amide bonds. The molecule has 6 nitrogen and oxygen atoms in total. The van der Waals surface area contributed by atoms with Crippen LogP contribution in [-0.2, 0) is 28.5 Å². The van der Waals surface area contributed by atoms with Gasteiger partial charge >= 0.3 is 5.97 Å². The third kappa shape index (κ3) is 2.66. The summed E-state index contributed by atoms with van der Waals surface area (Å²) in [7, 11) is 0. The van der Waals surface area contributed by atoms with Crippen LogP contribution in [0.3, 0.4) is 0 Å². The molecule has 0 N–H and O–H groups in total. The molecule has 104 valence electrons. The zero-order chi connectivity index (χ0) is 13.4. The van der Waals surface area contributed by atoms with Gasteiger partial charge in [-0.25, -0.2) is 0 Å². The van der Waals surface area contributed by atoms with Crippen molar-refractivity contribution in [2.45, 2.75) is 58.1 Å². The van der Waals surface area contributed by atoms with E-state index < -0.39 is 17.9 Å². The van der Waals surface area contributed by atoms with Crippen molar-refractivity contribution in [3.05, 3.63) is 0 Å². The average Bonchev–Trinajstić information content (AvgIpc) is 2.54. The lowest BCUT2D eigenvalue weighted by atomic mass is 10.1. The number of carbonyl (C=O) groups is 1. The Labute approximate surface area is 106 Å². The van der Waals surface area contributed by atoms with Gasteiger partial charge < -0.3 is 23.7 Å². The first kappa shape index (κ1) is 13.7. The Morgan fingerprint density at radius 3 is 2.72 bits per heavy atom. The Bertz CT molecular complexity index is 329. The molecule has 0 aromatic carbocycles. The predicted molar refractivity (Wildman–Crippen MR) is 60.5 cm³/mol. The van der Waals surface area contributed by atoms with Crippen molar-refractivity contribution in [1.82, 2.24) is 0 Å². The van der Waals surface area contributed by atoms with Crippen LogP contribution in [0.5, 0.6) is 0 Å². The Morgan fingerprint density at radius 2 is 2.11 bits per heavy atom. The smallest absolute Gasteiger partial charge is 0.304 e. The first-order valence-electron chi connectivity index (χ1n) is 6.18. The van der Waals surface area contributed by atoms with Gasteiger partial charge in [0.1, 0.15) is 12.7 Å². The van der Waals surface area contributed by atoms with Crippen LogP contribution in [0.4, 0.5) is 0 Å². The number of ether oxygens (including phenoxy) is 5. The molecule has 0 unspecified atom stereocenters. The van der Waals surface area contributed by atoms with Gasteiger partial charge in [-0.1, -0.05) is 0 Å². The SMILES string of the molecule is CCO[C@@]12COC(C)(C)O[C@@H]1C[C@@H](OC(C)=O)O2. The molecule has 18 heavy (non-hydrogen) atoms. The second-order valence-electron chi connectivity index (χ2n) is 4.93. The van der Waals surface area contributed by atoms with Crippen LogP contribution in [0, 0.1) is 0 Å². The second kappa shape index (κ2) is 4.77. The van der Waals surface area contributed by atoms with Gasteiger partial charge in [-0.15, -0.1) is 0 Å². The van der Waals surface area contributed by atoms with Crippen molar-refractivity contribution in [2.24, 2.45) is 0 Å². The molecular weight excluding hydrogens is 240 g/mol. The standard InChI is InChI=1S/C12H20O6/c1-5-14-12-7-15-11(3,4)17-9(12)6-10(18-12)16-8(2)13/h9-10H,5-7H2,1-4H3/t9-,10+,12-/m1/s1. The number of hydrogen-bond acceptors (Lipinski definition) is 6. The van der Waals surface area contributed by atoms with Gasteiger partial charge in [-0.05, 0) is 20.8 Å². The first-order chi connectivity index (χ1) is 8.37. The second-order valence-corrected chi connectivity index (χ2v) is 4.93. The minimum absolute atomic E-state index is 0.260. The highest BCUT2D eigenvalue weighted by atomic mass is 16.8. The molecule has 2 heterocycles. The van der Waals surface area contributed by atoms with Gasteiger partial charge in [-0.2, -0.15) is 0 Å². The molecule has 6 heteroatoms. The van der Waals surface area contributed by atoms with Crippen LogP contribution in [0.1, 0.15) is 34.1 Å². The van der Waals surface area contributed by atoms with Crippen LogP contribution in [0.25, 0.3) is 0 Å². The molecule has 0 aliphatic carbocycles. The molecule has 0 aromatic rings. The van der Waals surface area contributed by atoms with Crippen molar-refractivity contribution >= 4 is 5.97 Å². The topological polar surface area (TPSA) is 63.2 Å². The van der Waals surface area contributed by atoms with Gasteiger partial charge in [0.2, 0.25) is 12.1 Å². The molecule has 2 rings (SSSR count). The van der Waals surface area contributed by atoms with E-state index in [0.29, 0.717) is 13.0 Å². The maximum absolute atomic E-state index is 11.0. The summed E-state index contributed by atoms with van der Waals surface area (Å²) in [4.78, 5) is 11.0. The highest BCUT2D eigenvalue weighted by Crippen LogP contribution is 2.41. The third-order valence-corrected chi connectivity index (χ3v) is 2.96. The monoisotopic (exact) mass is 260 g/mol. The fourth-order valence-electron chi connectivity index (χ4n) is 2.29. The van der Waals surface area contributed by atoms with E-state index in [1.807, 2.05) is 20.8 Å². The van der Waals surface area contributed by atoms with E-state index in [1.54, 1.807) is 0 Å². The fraction of sp³-hybridized carbons (Fsp3) is 0.917. The summed E-state index contributed by atoms with van der Waals surface area (Å²) in [6, 6.07) is 0. The number of esters is 1. The summed E-state index contributed by atoms with van der Waals surface area (Å²) in [6.07, 6.45) is -0.492. The van der Waals surface area contributed by atoms with Crippen LogP contribution >= 0.6 is 0 Å². The van der Waals surface area contributed by atoms with Crippen molar-refractivity contribution in [1.29, 1.82) is 0 Å². The molecule has 2 fully saturated rings. The number of fused-ring (bicyclic) bond motifs is 1. The maximum atomic E-state index is 11.0. The third-order valence-electron chi connectivity index (χ3n) is 2.96. The number of carbonyl (C=O) groups excluding carboxylic acids is 1. The molecule has 0 saturated carbocycles. The minimum atomic E-state index is -0.968. The Morgan fingerprint density at radius 1 is 1.39 bits per heavy atom. The van der Waals surface area contributed by atoms with E-state index in [4.69, 9.17) is 23.7 Å². The Kier molecular flexibility index (Phi) is 3.64. The van der Waals surface area contributed by atoms with Crippen LogP contribution in [0.2, 0.25) is 0 Å². The highest BCUT2D eigenvalue weighted by Gasteiger charge is 2.57. The van der Waals surface area contributed by atoms with Gasteiger partial charge in [0.25, 0.3) is 0 Å².